The first-order valence-electron chi connectivity index (χ1n) is 15.8. The third kappa shape index (κ3) is 7.41. The maximum Gasteiger partial charge on any atom is 0.410 e. The van der Waals surface area contributed by atoms with Crippen LogP contribution in [0.4, 0.5) is 19.4 Å². The fourth-order valence-electron chi connectivity index (χ4n) is 5.59. The van der Waals surface area contributed by atoms with E-state index in [1.165, 1.54) is 17.2 Å². The predicted octanol–water partition coefficient (Wildman–Crippen LogP) is 7.51. The highest BCUT2D eigenvalue weighted by Crippen LogP contribution is 2.38. The van der Waals surface area contributed by atoms with Gasteiger partial charge in [0.2, 0.25) is 6.54 Å². The second-order valence-corrected chi connectivity index (χ2v) is 13.3. The largest absolute Gasteiger partial charge is 0.463 e. The molecule has 0 unspecified atom stereocenters. The van der Waals surface area contributed by atoms with Crippen LogP contribution in [-0.2, 0) is 9.53 Å². The molecule has 0 spiro atoms. The first-order valence-corrected chi connectivity index (χ1v) is 16.1. The zero-order chi connectivity index (χ0) is 34.7. The molecule has 0 radical (unpaired) electrons. The van der Waals surface area contributed by atoms with E-state index in [2.05, 4.69) is 19.8 Å². The number of benzene rings is 2. The smallest absolute Gasteiger partial charge is 0.410 e. The molecule has 1 fully saturated rings. The van der Waals surface area contributed by atoms with Gasteiger partial charge < -0.3 is 19.2 Å². The Morgan fingerprint density at radius 1 is 1.15 bits per heavy atom. The lowest BCUT2D eigenvalue weighted by Gasteiger charge is -2.40. The van der Waals surface area contributed by atoms with E-state index >= 15 is 4.39 Å². The minimum absolute atomic E-state index is 0.0150. The quantitative estimate of drug-likeness (QED) is 0.132. The van der Waals surface area contributed by atoms with Crippen LogP contribution in [0.25, 0.3) is 37.8 Å². The van der Waals surface area contributed by atoms with E-state index in [0.717, 1.165) is 0 Å². The molecule has 0 N–H and O–H groups in total. The van der Waals surface area contributed by atoms with Crippen molar-refractivity contribution in [1.29, 1.82) is 0 Å². The summed E-state index contributed by atoms with van der Waals surface area (Å²) in [7, 11) is 0. The van der Waals surface area contributed by atoms with Crippen LogP contribution in [0.1, 0.15) is 47.5 Å². The number of carbonyl (C=O) groups is 2. The van der Waals surface area contributed by atoms with Gasteiger partial charge in [0.25, 0.3) is 0 Å². The van der Waals surface area contributed by atoms with E-state index < -0.39 is 29.4 Å². The molecule has 0 bridgehead atoms. The van der Waals surface area contributed by atoms with Crippen LogP contribution in [0, 0.1) is 24.1 Å². The lowest BCUT2D eigenvalue weighted by atomic mass is 10.0. The highest BCUT2D eigenvalue weighted by Gasteiger charge is 2.36. The lowest BCUT2D eigenvalue weighted by Crippen LogP contribution is -2.57. The van der Waals surface area contributed by atoms with Crippen molar-refractivity contribution in [2.75, 3.05) is 37.7 Å². The summed E-state index contributed by atoms with van der Waals surface area (Å²) in [4.78, 5) is 45.6. The van der Waals surface area contributed by atoms with Gasteiger partial charge in [-0.1, -0.05) is 49.7 Å². The number of amides is 1. The number of rotatable bonds is 9. The second kappa shape index (κ2) is 14.2. The molecule has 0 saturated carbocycles. The summed E-state index contributed by atoms with van der Waals surface area (Å²) in [5.74, 6) is -1.12. The van der Waals surface area contributed by atoms with Gasteiger partial charge >= 0.3 is 12.1 Å². The van der Waals surface area contributed by atoms with Crippen molar-refractivity contribution < 1.29 is 27.8 Å². The van der Waals surface area contributed by atoms with Gasteiger partial charge in [-0.3, -0.25) is 14.7 Å². The van der Waals surface area contributed by atoms with E-state index in [-0.39, 0.29) is 71.1 Å². The maximum absolute atomic E-state index is 16.6. The molecular formula is C35H37ClF2N6O4. The summed E-state index contributed by atoms with van der Waals surface area (Å²) in [6.45, 7) is 17.4. The Labute approximate surface area is 282 Å². The van der Waals surface area contributed by atoms with Crippen molar-refractivity contribution in [2.45, 2.75) is 59.1 Å². The summed E-state index contributed by atoms with van der Waals surface area (Å²) in [6.07, 6.45) is 1.65. The molecule has 1 atom stereocenters. The van der Waals surface area contributed by atoms with Gasteiger partial charge in [0.05, 0.1) is 17.0 Å². The van der Waals surface area contributed by atoms with Gasteiger partial charge in [0.15, 0.2) is 5.82 Å². The third-order valence-corrected chi connectivity index (χ3v) is 8.36. The summed E-state index contributed by atoms with van der Waals surface area (Å²) >= 11 is 6.37. The Kier molecular flexibility index (Phi) is 10.3. The average molecular weight is 679 g/mol. The number of Topliss-reactive ketones (excluding diaryl/α,β-unsaturated/α-hetero) is 1. The monoisotopic (exact) mass is 678 g/mol. The normalized spacial score (nSPS) is 15.2. The first kappa shape index (κ1) is 34.7. The predicted molar refractivity (Wildman–Crippen MR) is 180 cm³/mol. The van der Waals surface area contributed by atoms with E-state index in [9.17, 15) is 14.0 Å². The second-order valence-electron chi connectivity index (χ2n) is 13.0. The van der Waals surface area contributed by atoms with E-state index in [0.29, 0.717) is 36.0 Å². The molecule has 3 heterocycles. The zero-order valence-corrected chi connectivity index (χ0v) is 28.3. The van der Waals surface area contributed by atoms with Gasteiger partial charge in [-0.15, -0.1) is 0 Å². The number of aromatic nitrogens is 3. The van der Waals surface area contributed by atoms with Gasteiger partial charge in [-0.05, 0) is 38.6 Å². The molecule has 5 rings (SSSR count). The van der Waals surface area contributed by atoms with Gasteiger partial charge in [-0.25, -0.2) is 20.1 Å². The van der Waals surface area contributed by atoms with Crippen LogP contribution >= 0.6 is 11.6 Å². The third-order valence-electron chi connectivity index (χ3n) is 7.99. The molecular weight excluding hydrogens is 642 g/mol. The summed E-state index contributed by atoms with van der Waals surface area (Å²) in [5.41, 5.74) is -0.597. The lowest BCUT2D eigenvalue weighted by molar-refractivity contribution is -0.122. The highest BCUT2D eigenvalue weighted by atomic mass is 35.5. The van der Waals surface area contributed by atoms with Crippen molar-refractivity contribution in [3.8, 4) is 17.3 Å². The Hall–Kier alpha value is -4.63. The molecule has 13 heteroatoms. The maximum atomic E-state index is 16.6. The van der Waals surface area contributed by atoms with E-state index in [1.54, 1.807) is 45.0 Å². The average Bonchev–Trinajstić information content (AvgIpc) is 3.04. The standard InChI is InChI=1S/C35H37ClF2N6O4/c1-20(2)26(45)11-8-16-47-33-41-31-24(18-40-30(29(31)38)23-10-7-9-21-12-13-25(37)28(36)27(21)23)32(42-33)43-14-15-44(22(19-43)17-39-6)34(46)48-35(3,4)5/h7,9-10,12-13,18,20,22H,8,11,14-17,19H2,1-5H3/t22-/m0/s1. The Morgan fingerprint density at radius 3 is 2.62 bits per heavy atom. The van der Waals surface area contributed by atoms with Gasteiger partial charge in [0.1, 0.15) is 40.3 Å². The molecule has 48 heavy (non-hydrogen) atoms. The van der Waals surface area contributed by atoms with E-state index in [1.807, 2.05) is 18.7 Å². The van der Waals surface area contributed by atoms with E-state index in [4.69, 9.17) is 27.6 Å². The number of pyridine rings is 1. The molecule has 2 aromatic carbocycles. The Balaban J connectivity index is 1.57. The summed E-state index contributed by atoms with van der Waals surface area (Å²) < 4.78 is 42.6. The number of fused-ring (bicyclic) bond motifs is 2. The topological polar surface area (TPSA) is 102 Å². The molecule has 4 aromatic rings. The van der Waals surface area contributed by atoms with Crippen LogP contribution < -0.4 is 9.64 Å². The molecule has 1 amide bonds. The van der Waals surface area contributed by atoms with Gasteiger partial charge in [-0.2, -0.15) is 9.97 Å². The van der Waals surface area contributed by atoms with Crippen LogP contribution in [0.2, 0.25) is 5.02 Å². The molecule has 252 valence electrons. The van der Waals surface area contributed by atoms with Crippen LogP contribution in [0.3, 0.4) is 0 Å². The summed E-state index contributed by atoms with van der Waals surface area (Å²) in [5, 5.41) is 1.05. The fraction of sp³-hybridized carbons (Fsp3) is 0.429. The number of ketones is 1. The molecule has 10 nitrogen and oxygen atoms in total. The molecule has 1 aliphatic rings. The van der Waals surface area contributed by atoms with Gasteiger partial charge in [0, 0.05) is 49.1 Å². The minimum atomic E-state index is -0.783. The van der Waals surface area contributed by atoms with Crippen molar-refractivity contribution in [1.82, 2.24) is 19.9 Å². The van der Waals surface area contributed by atoms with Crippen LogP contribution in [-0.4, -0.2) is 76.2 Å². The number of anilines is 1. The SMILES string of the molecule is [C-]#[N+]C[C@H]1CN(c2nc(OCCCC(=O)C(C)C)nc3c(F)c(-c4cccc5ccc(F)c(Cl)c45)ncc23)CCN1C(=O)OC(C)(C)C. The van der Waals surface area contributed by atoms with Crippen molar-refractivity contribution in [3.05, 3.63) is 64.6 Å². The van der Waals surface area contributed by atoms with Crippen LogP contribution in [0.15, 0.2) is 36.5 Å². The number of hydrogen-bond acceptors (Lipinski definition) is 8. The summed E-state index contributed by atoms with van der Waals surface area (Å²) in [6, 6.07) is 7.23. The fourth-order valence-corrected chi connectivity index (χ4v) is 5.86. The highest BCUT2D eigenvalue weighted by molar-refractivity contribution is 6.36. The number of ether oxygens (including phenoxy) is 2. The number of halogens is 3. The Morgan fingerprint density at radius 2 is 1.92 bits per heavy atom. The first-order chi connectivity index (χ1) is 22.8. The number of nitrogens with zero attached hydrogens (tertiary/aromatic N) is 6. The van der Waals surface area contributed by atoms with Crippen LogP contribution in [0.5, 0.6) is 6.01 Å². The number of hydrogen-bond donors (Lipinski definition) is 0. The minimum Gasteiger partial charge on any atom is -0.463 e. The Bertz CT molecular complexity index is 1910. The van der Waals surface area contributed by atoms with Crippen molar-refractivity contribution >= 4 is 51.0 Å². The number of carbonyl (C=O) groups excluding carboxylic acids is 2. The number of piperazine rings is 1. The molecule has 1 saturated heterocycles. The van der Waals surface area contributed by atoms with Crippen molar-refractivity contribution in [3.63, 3.8) is 0 Å². The van der Waals surface area contributed by atoms with Crippen molar-refractivity contribution in [2.24, 2.45) is 5.92 Å². The molecule has 2 aromatic heterocycles. The molecule has 1 aliphatic heterocycles. The zero-order valence-electron chi connectivity index (χ0n) is 27.5. The molecule has 0 aliphatic carbocycles.